The van der Waals surface area contributed by atoms with Crippen LogP contribution in [0.4, 0.5) is 0 Å². The number of sulfonamides is 1. The predicted octanol–water partition coefficient (Wildman–Crippen LogP) is 2.47. The average Bonchev–Trinajstić information content (AvgIpc) is 2.96. The van der Waals surface area contributed by atoms with E-state index in [1.165, 1.54) is 24.3 Å². The molecule has 2 heterocycles. The molecule has 1 aromatic carbocycles. The van der Waals surface area contributed by atoms with Crippen LogP contribution < -0.4 is 10.3 Å². The van der Waals surface area contributed by atoms with E-state index in [2.05, 4.69) is 9.71 Å². The zero-order valence-corrected chi connectivity index (χ0v) is 14.6. The maximum absolute atomic E-state index is 12.3. The van der Waals surface area contributed by atoms with Crippen LogP contribution in [0.25, 0.3) is 11.0 Å². The third kappa shape index (κ3) is 3.89. The largest absolute Gasteiger partial charge is 0.423 e. The minimum Gasteiger partial charge on any atom is -0.423 e. The van der Waals surface area contributed by atoms with Crippen molar-refractivity contribution in [2.24, 2.45) is 0 Å². The molecule has 0 aliphatic heterocycles. The van der Waals surface area contributed by atoms with Gasteiger partial charge in [0.25, 0.3) is 0 Å². The van der Waals surface area contributed by atoms with E-state index in [-0.39, 0.29) is 4.90 Å². The van der Waals surface area contributed by atoms with Crippen LogP contribution in [0.5, 0.6) is 0 Å². The molecule has 6 nitrogen and oxygen atoms in total. The number of nitrogens with zero attached hydrogens (tertiary/aromatic N) is 1. The van der Waals surface area contributed by atoms with Crippen LogP contribution >= 0.6 is 11.3 Å². The maximum atomic E-state index is 12.3. The van der Waals surface area contributed by atoms with Crippen molar-refractivity contribution < 1.29 is 12.8 Å². The minimum absolute atomic E-state index is 0.147. The molecular weight excluding hydrogens is 348 g/mol. The van der Waals surface area contributed by atoms with Gasteiger partial charge in [-0.3, -0.25) is 0 Å². The molecule has 3 aromatic rings. The summed E-state index contributed by atoms with van der Waals surface area (Å²) in [5.74, 6) is 0. The molecule has 0 atom stereocenters. The third-order valence-corrected chi connectivity index (χ3v) is 5.91. The van der Waals surface area contributed by atoms with E-state index in [1.807, 2.05) is 12.3 Å². The summed E-state index contributed by atoms with van der Waals surface area (Å²) in [6, 6.07) is 7.22. The monoisotopic (exact) mass is 364 g/mol. The lowest BCUT2D eigenvalue weighted by Crippen LogP contribution is -2.25. The van der Waals surface area contributed by atoms with E-state index in [4.69, 9.17) is 4.42 Å². The normalized spacial score (nSPS) is 11.9. The van der Waals surface area contributed by atoms with Crippen molar-refractivity contribution >= 4 is 32.3 Å². The van der Waals surface area contributed by atoms with Crippen LogP contribution in [0.15, 0.2) is 49.8 Å². The molecule has 0 amide bonds. The Morgan fingerprint density at radius 1 is 1.25 bits per heavy atom. The van der Waals surface area contributed by atoms with Gasteiger partial charge in [0.15, 0.2) is 0 Å². The first-order chi connectivity index (χ1) is 11.4. The number of fused-ring (bicyclic) bond motifs is 1. The van der Waals surface area contributed by atoms with Crippen molar-refractivity contribution in [2.75, 3.05) is 6.54 Å². The summed E-state index contributed by atoms with van der Waals surface area (Å²) in [5, 5.41) is 3.55. The molecule has 2 aromatic heterocycles. The second kappa shape index (κ2) is 6.84. The van der Waals surface area contributed by atoms with Crippen molar-refractivity contribution in [1.82, 2.24) is 9.71 Å². The third-order valence-electron chi connectivity index (χ3n) is 3.43. The molecule has 1 N–H and O–H groups in total. The number of hydrogen-bond acceptors (Lipinski definition) is 6. The van der Waals surface area contributed by atoms with Gasteiger partial charge >= 0.3 is 5.63 Å². The van der Waals surface area contributed by atoms with Gasteiger partial charge in [0.05, 0.1) is 9.90 Å². The van der Waals surface area contributed by atoms with E-state index in [9.17, 15) is 13.2 Å². The molecule has 8 heteroatoms. The number of nitrogens with one attached hydrogen (secondary N) is 1. The van der Waals surface area contributed by atoms with Crippen molar-refractivity contribution in [3.8, 4) is 0 Å². The van der Waals surface area contributed by atoms with Crippen LogP contribution in [0, 0.1) is 6.92 Å². The number of hydrogen-bond donors (Lipinski definition) is 1. The molecule has 3 rings (SSSR count). The van der Waals surface area contributed by atoms with Gasteiger partial charge < -0.3 is 4.42 Å². The number of aromatic nitrogens is 1. The molecule has 0 radical (unpaired) electrons. The molecule has 0 aliphatic rings. The van der Waals surface area contributed by atoms with Crippen molar-refractivity contribution in [1.29, 1.82) is 0 Å². The van der Waals surface area contributed by atoms with Gasteiger partial charge in [-0.2, -0.15) is 0 Å². The molecule has 24 heavy (non-hydrogen) atoms. The Morgan fingerprint density at radius 2 is 2.08 bits per heavy atom. The second-order valence-electron chi connectivity index (χ2n) is 5.34. The molecule has 0 spiro atoms. The highest BCUT2D eigenvalue weighted by Crippen LogP contribution is 2.18. The Hall–Kier alpha value is -2.03. The first-order valence-electron chi connectivity index (χ1n) is 7.39. The highest BCUT2D eigenvalue weighted by Gasteiger charge is 2.14. The van der Waals surface area contributed by atoms with E-state index >= 15 is 0 Å². The van der Waals surface area contributed by atoms with Gasteiger partial charge in [-0.05, 0) is 37.6 Å². The van der Waals surface area contributed by atoms with Crippen molar-refractivity contribution in [3.05, 3.63) is 56.8 Å². The Balaban J connectivity index is 1.66. The Kier molecular flexibility index (Phi) is 4.79. The van der Waals surface area contributed by atoms with Crippen LogP contribution in [-0.4, -0.2) is 19.9 Å². The summed E-state index contributed by atoms with van der Waals surface area (Å²) in [5.41, 5.74) is 0.882. The molecule has 0 saturated heterocycles. The second-order valence-corrected chi connectivity index (χ2v) is 8.05. The summed E-state index contributed by atoms with van der Waals surface area (Å²) in [6.45, 7) is 2.27. The van der Waals surface area contributed by atoms with Gasteiger partial charge in [-0.15, -0.1) is 11.3 Å². The fourth-order valence-corrected chi connectivity index (χ4v) is 4.19. The van der Waals surface area contributed by atoms with Crippen LogP contribution in [0.2, 0.25) is 0 Å². The number of thiazole rings is 1. The quantitative estimate of drug-likeness (QED) is 0.536. The van der Waals surface area contributed by atoms with Gasteiger partial charge in [0.2, 0.25) is 10.0 Å². The molecule has 0 unspecified atom stereocenters. The smallest absolute Gasteiger partial charge is 0.336 e. The first-order valence-corrected chi connectivity index (χ1v) is 9.75. The summed E-state index contributed by atoms with van der Waals surface area (Å²) >= 11 is 1.58. The van der Waals surface area contributed by atoms with Crippen LogP contribution in [0.3, 0.4) is 0 Å². The molecule has 126 valence electrons. The number of benzene rings is 1. The van der Waals surface area contributed by atoms with Gasteiger partial charge in [0, 0.05) is 35.5 Å². The lowest BCUT2D eigenvalue weighted by molar-refractivity contribution is 0.560. The van der Waals surface area contributed by atoms with Gasteiger partial charge in [-0.1, -0.05) is 0 Å². The molecule has 0 fully saturated rings. The summed E-state index contributed by atoms with van der Waals surface area (Å²) in [4.78, 5) is 15.7. The topological polar surface area (TPSA) is 89.3 Å². The zero-order valence-electron chi connectivity index (χ0n) is 13.0. The molecule has 0 bridgehead atoms. The van der Waals surface area contributed by atoms with E-state index in [1.54, 1.807) is 17.4 Å². The lowest BCUT2D eigenvalue weighted by Gasteiger charge is -2.07. The Labute approximate surface area is 143 Å². The summed E-state index contributed by atoms with van der Waals surface area (Å²) < 4.78 is 32.3. The van der Waals surface area contributed by atoms with E-state index in [0.717, 1.165) is 17.1 Å². The van der Waals surface area contributed by atoms with Crippen molar-refractivity contribution in [3.63, 3.8) is 0 Å². The minimum atomic E-state index is -3.60. The maximum Gasteiger partial charge on any atom is 0.336 e. The van der Waals surface area contributed by atoms with Gasteiger partial charge in [-0.25, -0.2) is 22.9 Å². The van der Waals surface area contributed by atoms with Crippen molar-refractivity contribution in [2.45, 2.75) is 24.7 Å². The molecule has 0 saturated carbocycles. The molecule has 0 aliphatic carbocycles. The molecular formula is C16H16N2O4S2. The predicted molar refractivity (Wildman–Crippen MR) is 92.8 cm³/mol. The SMILES string of the molecule is Cc1csc(CCCNS(=O)(=O)c2ccc3oc(=O)ccc3c2)n1. The first kappa shape index (κ1) is 16.8. The van der Waals surface area contributed by atoms with E-state index < -0.39 is 15.6 Å². The fraction of sp³-hybridized carbons (Fsp3) is 0.250. The van der Waals surface area contributed by atoms with Crippen LogP contribution in [-0.2, 0) is 16.4 Å². The Bertz CT molecular complexity index is 1020. The Morgan fingerprint density at radius 3 is 2.83 bits per heavy atom. The lowest BCUT2D eigenvalue weighted by atomic mass is 10.2. The van der Waals surface area contributed by atoms with E-state index in [0.29, 0.717) is 23.9 Å². The highest BCUT2D eigenvalue weighted by atomic mass is 32.2. The number of aryl methyl sites for hydroxylation is 2. The zero-order chi connectivity index (χ0) is 17.2. The number of rotatable bonds is 6. The van der Waals surface area contributed by atoms with Gasteiger partial charge in [0.1, 0.15) is 5.58 Å². The van der Waals surface area contributed by atoms with Crippen LogP contribution in [0.1, 0.15) is 17.1 Å². The highest BCUT2D eigenvalue weighted by molar-refractivity contribution is 7.89. The standard InChI is InChI=1S/C16H16N2O4S2/c1-11-10-23-15(18-11)3-2-8-17-24(20,21)13-5-6-14-12(9-13)4-7-16(19)22-14/h4-7,9-10,17H,2-3,8H2,1H3. The summed E-state index contributed by atoms with van der Waals surface area (Å²) in [6.07, 6.45) is 1.42. The fourth-order valence-electron chi connectivity index (χ4n) is 2.26. The summed E-state index contributed by atoms with van der Waals surface area (Å²) in [7, 11) is -3.60. The average molecular weight is 364 g/mol.